The molecule has 0 saturated heterocycles. The minimum Gasteiger partial charge on any atom is -0.497 e. The number of hydrogen-bond acceptors (Lipinski definition) is 2. The minimum absolute atomic E-state index is 0.0488. The molecule has 0 aliphatic heterocycles. The number of alkyl halides is 1. The molecular formula is C16H22ClNO2. The molecule has 1 saturated carbocycles. The molecule has 0 spiro atoms. The van der Waals surface area contributed by atoms with E-state index in [0.29, 0.717) is 6.42 Å². The maximum atomic E-state index is 12.1. The summed E-state index contributed by atoms with van der Waals surface area (Å²) >= 11 is 6.34. The van der Waals surface area contributed by atoms with Crippen LogP contribution in [0.3, 0.4) is 0 Å². The second-order valence-electron chi connectivity index (χ2n) is 5.35. The molecule has 1 N–H and O–H groups in total. The van der Waals surface area contributed by atoms with Crippen LogP contribution in [-0.2, 0) is 11.2 Å². The van der Waals surface area contributed by atoms with Crippen molar-refractivity contribution in [2.24, 2.45) is 0 Å². The highest BCUT2D eigenvalue weighted by Crippen LogP contribution is 2.22. The van der Waals surface area contributed by atoms with Gasteiger partial charge in [0.1, 0.15) is 5.75 Å². The normalized spacial score (nSPS) is 22.9. The fourth-order valence-corrected chi connectivity index (χ4v) is 2.95. The van der Waals surface area contributed by atoms with Crippen LogP contribution in [0, 0.1) is 0 Å². The van der Waals surface area contributed by atoms with Crippen molar-refractivity contribution in [2.45, 2.75) is 49.9 Å². The quantitative estimate of drug-likeness (QED) is 0.684. The van der Waals surface area contributed by atoms with Crippen molar-refractivity contribution >= 4 is 17.5 Å². The van der Waals surface area contributed by atoms with E-state index in [-0.39, 0.29) is 17.3 Å². The van der Waals surface area contributed by atoms with Crippen molar-refractivity contribution in [1.82, 2.24) is 5.32 Å². The van der Waals surface area contributed by atoms with E-state index >= 15 is 0 Å². The highest BCUT2D eigenvalue weighted by molar-refractivity contribution is 6.21. The second-order valence-corrected chi connectivity index (χ2v) is 5.91. The molecule has 4 heteroatoms. The third-order valence-corrected chi connectivity index (χ3v) is 4.32. The molecule has 110 valence electrons. The molecule has 1 aliphatic rings. The van der Waals surface area contributed by atoms with E-state index in [0.717, 1.165) is 30.6 Å². The lowest BCUT2D eigenvalue weighted by Crippen LogP contribution is -2.41. The summed E-state index contributed by atoms with van der Waals surface area (Å²) in [4.78, 5) is 12.1. The zero-order valence-electron chi connectivity index (χ0n) is 11.9. The summed E-state index contributed by atoms with van der Waals surface area (Å²) in [5.41, 5.74) is 0.989. The average molecular weight is 296 g/mol. The van der Waals surface area contributed by atoms with Gasteiger partial charge in [-0.05, 0) is 30.5 Å². The number of hydrogen-bond donors (Lipinski definition) is 1. The van der Waals surface area contributed by atoms with Crippen LogP contribution in [-0.4, -0.2) is 24.4 Å². The molecule has 1 aromatic rings. The smallest absolute Gasteiger partial charge is 0.224 e. The van der Waals surface area contributed by atoms with Gasteiger partial charge in [0.2, 0.25) is 5.91 Å². The molecule has 0 heterocycles. The first kappa shape index (κ1) is 15.2. The molecule has 0 bridgehead atoms. The standard InChI is InChI=1S/C16H22ClNO2/c1-20-13-9-7-12(8-10-13)11-16(19)18-15-6-4-2-3-5-14(15)17/h7-10,14-15H,2-6,11H2,1H3,(H,18,19). The summed E-state index contributed by atoms with van der Waals surface area (Å²) in [5.74, 6) is 0.853. The Hall–Kier alpha value is -1.22. The van der Waals surface area contributed by atoms with E-state index in [1.54, 1.807) is 7.11 Å². The SMILES string of the molecule is COc1ccc(CC(=O)NC2CCCCCC2Cl)cc1. The number of ether oxygens (including phenoxy) is 1. The predicted molar refractivity (Wildman–Crippen MR) is 81.4 cm³/mol. The maximum absolute atomic E-state index is 12.1. The Morgan fingerprint density at radius 3 is 2.65 bits per heavy atom. The average Bonchev–Trinajstić information content (AvgIpc) is 2.65. The summed E-state index contributed by atoms with van der Waals surface area (Å²) in [6, 6.07) is 7.70. The summed E-state index contributed by atoms with van der Waals surface area (Å²) < 4.78 is 5.11. The van der Waals surface area contributed by atoms with E-state index in [2.05, 4.69) is 5.32 Å². The van der Waals surface area contributed by atoms with Crippen LogP contribution in [0.5, 0.6) is 5.75 Å². The first-order valence-electron chi connectivity index (χ1n) is 7.25. The molecule has 2 rings (SSSR count). The minimum atomic E-state index is 0.0488. The van der Waals surface area contributed by atoms with E-state index < -0.39 is 0 Å². The number of methoxy groups -OCH3 is 1. The monoisotopic (exact) mass is 295 g/mol. The Balaban J connectivity index is 1.87. The first-order valence-corrected chi connectivity index (χ1v) is 7.69. The number of benzene rings is 1. The highest BCUT2D eigenvalue weighted by atomic mass is 35.5. The van der Waals surface area contributed by atoms with Gasteiger partial charge >= 0.3 is 0 Å². The lowest BCUT2D eigenvalue weighted by molar-refractivity contribution is -0.121. The topological polar surface area (TPSA) is 38.3 Å². The van der Waals surface area contributed by atoms with Crippen LogP contribution in [0.15, 0.2) is 24.3 Å². The van der Waals surface area contributed by atoms with Gasteiger partial charge in [-0.1, -0.05) is 31.4 Å². The van der Waals surface area contributed by atoms with Crippen molar-refractivity contribution in [2.75, 3.05) is 7.11 Å². The van der Waals surface area contributed by atoms with Crippen LogP contribution in [0.25, 0.3) is 0 Å². The zero-order chi connectivity index (χ0) is 14.4. The Kier molecular flexibility index (Phi) is 5.72. The van der Waals surface area contributed by atoms with Gasteiger partial charge in [0, 0.05) is 6.04 Å². The van der Waals surface area contributed by atoms with Crippen LogP contribution in [0.1, 0.15) is 37.7 Å². The van der Waals surface area contributed by atoms with Crippen molar-refractivity contribution in [1.29, 1.82) is 0 Å². The number of amides is 1. The molecule has 1 fully saturated rings. The van der Waals surface area contributed by atoms with Gasteiger partial charge < -0.3 is 10.1 Å². The third-order valence-electron chi connectivity index (χ3n) is 3.80. The van der Waals surface area contributed by atoms with Gasteiger partial charge in [-0.2, -0.15) is 0 Å². The Morgan fingerprint density at radius 2 is 1.95 bits per heavy atom. The third kappa shape index (κ3) is 4.41. The molecule has 1 aliphatic carbocycles. The van der Waals surface area contributed by atoms with Crippen molar-refractivity contribution in [3.05, 3.63) is 29.8 Å². The van der Waals surface area contributed by atoms with E-state index in [9.17, 15) is 4.79 Å². The zero-order valence-corrected chi connectivity index (χ0v) is 12.7. The molecule has 0 radical (unpaired) electrons. The van der Waals surface area contributed by atoms with Gasteiger partial charge in [0.05, 0.1) is 18.9 Å². The fourth-order valence-electron chi connectivity index (χ4n) is 2.61. The van der Waals surface area contributed by atoms with Crippen LogP contribution in [0.4, 0.5) is 0 Å². The summed E-state index contributed by atoms with van der Waals surface area (Å²) in [5, 5.41) is 3.15. The molecular weight excluding hydrogens is 274 g/mol. The van der Waals surface area contributed by atoms with Crippen molar-refractivity contribution in [3.63, 3.8) is 0 Å². The number of carbonyl (C=O) groups excluding carboxylic acids is 1. The van der Waals surface area contributed by atoms with Crippen LogP contribution in [0.2, 0.25) is 0 Å². The lowest BCUT2D eigenvalue weighted by Gasteiger charge is -2.21. The molecule has 0 aromatic heterocycles. The number of carbonyl (C=O) groups is 1. The van der Waals surface area contributed by atoms with Crippen molar-refractivity contribution < 1.29 is 9.53 Å². The molecule has 20 heavy (non-hydrogen) atoms. The molecule has 1 amide bonds. The molecule has 1 aromatic carbocycles. The van der Waals surface area contributed by atoms with Gasteiger partial charge in [0.15, 0.2) is 0 Å². The Labute approximate surface area is 125 Å². The predicted octanol–water partition coefficient (Wildman–Crippen LogP) is 3.29. The van der Waals surface area contributed by atoms with Crippen molar-refractivity contribution in [3.8, 4) is 5.75 Å². The molecule has 2 unspecified atom stereocenters. The second kappa shape index (κ2) is 7.53. The number of nitrogens with one attached hydrogen (secondary N) is 1. The van der Waals surface area contributed by atoms with E-state index in [1.807, 2.05) is 24.3 Å². The Morgan fingerprint density at radius 1 is 1.25 bits per heavy atom. The molecule has 3 nitrogen and oxygen atoms in total. The number of halogens is 1. The Bertz CT molecular complexity index is 433. The fraction of sp³-hybridized carbons (Fsp3) is 0.562. The van der Waals surface area contributed by atoms with Gasteiger partial charge in [-0.15, -0.1) is 11.6 Å². The van der Waals surface area contributed by atoms with Gasteiger partial charge in [-0.25, -0.2) is 0 Å². The van der Waals surface area contributed by atoms with Crippen LogP contribution >= 0.6 is 11.6 Å². The lowest BCUT2D eigenvalue weighted by atomic mass is 10.1. The van der Waals surface area contributed by atoms with E-state index in [1.165, 1.54) is 12.8 Å². The first-order chi connectivity index (χ1) is 9.69. The maximum Gasteiger partial charge on any atom is 0.224 e. The van der Waals surface area contributed by atoms with E-state index in [4.69, 9.17) is 16.3 Å². The largest absolute Gasteiger partial charge is 0.497 e. The highest BCUT2D eigenvalue weighted by Gasteiger charge is 2.23. The summed E-state index contributed by atoms with van der Waals surface area (Å²) in [6.45, 7) is 0. The summed E-state index contributed by atoms with van der Waals surface area (Å²) in [6.07, 6.45) is 5.91. The van der Waals surface area contributed by atoms with Gasteiger partial charge in [0.25, 0.3) is 0 Å². The summed E-state index contributed by atoms with van der Waals surface area (Å²) in [7, 11) is 1.63. The van der Waals surface area contributed by atoms with Gasteiger partial charge in [-0.3, -0.25) is 4.79 Å². The van der Waals surface area contributed by atoms with Crippen LogP contribution < -0.4 is 10.1 Å². The number of rotatable bonds is 4. The molecule has 2 atom stereocenters.